The minimum atomic E-state index is -0.262. The Labute approximate surface area is 107 Å². The van der Waals surface area contributed by atoms with Gasteiger partial charge >= 0.3 is 108 Å². The molecule has 0 saturated heterocycles. The Morgan fingerprint density at radius 2 is 1.67 bits per heavy atom. The van der Waals surface area contributed by atoms with Gasteiger partial charge in [-0.15, -0.1) is 0 Å². The summed E-state index contributed by atoms with van der Waals surface area (Å²) < 4.78 is 4.67. The standard InChI is InChI=1S/C11H7S2.CH3.Sn/c1-7-6-9-3-2-8-4-5-12-10(8)11(9)13-7;;/h2-4,6H,1H3;1H3;. The molecule has 2 radical (unpaired) electrons. The fourth-order valence-corrected chi connectivity index (χ4v) is 6.62. The number of hydrogen-bond donors (Lipinski definition) is 0. The zero-order valence-electron chi connectivity index (χ0n) is 8.63. The van der Waals surface area contributed by atoms with Gasteiger partial charge in [-0.1, -0.05) is 0 Å². The maximum atomic E-state index is 2.40. The summed E-state index contributed by atoms with van der Waals surface area (Å²) in [6.07, 6.45) is 0. The fourth-order valence-electron chi connectivity index (χ4n) is 1.84. The molecule has 74 valence electrons. The average Bonchev–Trinajstić information content (AvgIpc) is 2.78. The molecule has 3 heteroatoms. The van der Waals surface area contributed by atoms with Crippen LogP contribution in [0.2, 0.25) is 4.94 Å². The number of aryl methyl sites for hydroxylation is 1. The predicted octanol–water partition coefficient (Wildman–Crippen LogP) is 3.80. The van der Waals surface area contributed by atoms with Crippen molar-refractivity contribution < 1.29 is 0 Å². The van der Waals surface area contributed by atoms with Gasteiger partial charge < -0.3 is 0 Å². The van der Waals surface area contributed by atoms with Crippen molar-refractivity contribution in [2.24, 2.45) is 0 Å². The first-order valence-corrected chi connectivity index (χ1v) is 10.8. The summed E-state index contributed by atoms with van der Waals surface area (Å²) in [6.45, 7) is 2.20. The van der Waals surface area contributed by atoms with E-state index in [-0.39, 0.29) is 21.1 Å². The van der Waals surface area contributed by atoms with E-state index in [2.05, 4.69) is 36.1 Å². The summed E-state index contributed by atoms with van der Waals surface area (Å²) in [5, 5.41) is 2.87. The molecule has 0 aliphatic rings. The molecule has 0 atom stereocenters. The van der Waals surface area contributed by atoms with Crippen molar-refractivity contribution in [2.45, 2.75) is 11.9 Å². The Bertz CT molecular complexity index is 633. The molecule has 2 aromatic heterocycles. The van der Waals surface area contributed by atoms with Crippen molar-refractivity contribution in [3.8, 4) is 0 Å². The van der Waals surface area contributed by atoms with Gasteiger partial charge in [0.15, 0.2) is 0 Å². The van der Waals surface area contributed by atoms with Crippen LogP contribution in [0.3, 0.4) is 0 Å². The van der Waals surface area contributed by atoms with Gasteiger partial charge in [0, 0.05) is 0 Å². The normalized spacial score (nSPS) is 11.6. The Hall–Kier alpha value is -0.0613. The molecule has 0 nitrogen and oxygen atoms in total. The number of rotatable bonds is 1. The van der Waals surface area contributed by atoms with Crippen molar-refractivity contribution >= 4 is 66.9 Å². The van der Waals surface area contributed by atoms with E-state index in [1.54, 1.807) is 2.89 Å². The van der Waals surface area contributed by atoms with Gasteiger partial charge in [0.1, 0.15) is 0 Å². The van der Waals surface area contributed by atoms with E-state index in [9.17, 15) is 0 Å². The van der Waals surface area contributed by atoms with Crippen molar-refractivity contribution in [3.63, 3.8) is 0 Å². The second-order valence-corrected chi connectivity index (χ2v) is 9.93. The third-order valence-corrected chi connectivity index (χ3v) is 8.80. The molecule has 2 heterocycles. The summed E-state index contributed by atoms with van der Waals surface area (Å²) in [6, 6.07) is 9.24. The van der Waals surface area contributed by atoms with Gasteiger partial charge in [0.05, 0.1) is 0 Å². The Morgan fingerprint density at radius 1 is 1.00 bits per heavy atom. The van der Waals surface area contributed by atoms with E-state index in [4.69, 9.17) is 0 Å². The third kappa shape index (κ3) is 1.63. The number of benzene rings is 1. The number of hydrogen-bond acceptors (Lipinski definition) is 2. The summed E-state index contributed by atoms with van der Waals surface area (Å²) in [7, 11) is 0. The van der Waals surface area contributed by atoms with Gasteiger partial charge in [0.2, 0.25) is 0 Å². The second-order valence-electron chi connectivity index (χ2n) is 3.62. The summed E-state index contributed by atoms with van der Waals surface area (Å²) in [5.74, 6) is 0. The molecule has 0 spiro atoms. The van der Waals surface area contributed by atoms with Crippen molar-refractivity contribution in [1.82, 2.24) is 0 Å². The van der Waals surface area contributed by atoms with Gasteiger partial charge in [-0.25, -0.2) is 0 Å². The fraction of sp³-hybridized carbons (Fsp3) is 0.167. The van der Waals surface area contributed by atoms with Gasteiger partial charge in [-0.05, 0) is 0 Å². The Kier molecular flexibility index (Phi) is 2.53. The van der Waals surface area contributed by atoms with Gasteiger partial charge in [0.25, 0.3) is 0 Å². The van der Waals surface area contributed by atoms with Crippen LogP contribution in [-0.4, -0.2) is 21.1 Å². The van der Waals surface area contributed by atoms with Crippen LogP contribution in [0.5, 0.6) is 0 Å². The molecule has 0 fully saturated rings. The topological polar surface area (TPSA) is 0 Å². The van der Waals surface area contributed by atoms with Gasteiger partial charge in [-0.3, -0.25) is 0 Å². The van der Waals surface area contributed by atoms with E-state index in [0.29, 0.717) is 0 Å². The Morgan fingerprint density at radius 3 is 2.40 bits per heavy atom. The molecule has 0 aliphatic heterocycles. The summed E-state index contributed by atoms with van der Waals surface area (Å²) >= 11 is 3.70. The van der Waals surface area contributed by atoms with E-state index in [0.717, 1.165) is 0 Å². The minimum absolute atomic E-state index is 0.262. The monoisotopic (exact) mass is 338 g/mol. The van der Waals surface area contributed by atoms with Gasteiger partial charge in [-0.2, -0.15) is 0 Å². The van der Waals surface area contributed by atoms with Crippen LogP contribution >= 0.6 is 22.7 Å². The number of fused-ring (bicyclic) bond motifs is 3. The molecule has 15 heavy (non-hydrogen) atoms. The van der Waals surface area contributed by atoms with E-state index < -0.39 is 0 Å². The molecule has 0 bridgehead atoms. The van der Waals surface area contributed by atoms with E-state index in [1.165, 1.54) is 25.0 Å². The molecule has 0 amide bonds. The second kappa shape index (κ2) is 3.75. The van der Waals surface area contributed by atoms with E-state index in [1.807, 2.05) is 22.7 Å². The van der Waals surface area contributed by atoms with Crippen LogP contribution in [0, 0.1) is 6.92 Å². The van der Waals surface area contributed by atoms with Crippen LogP contribution in [0.4, 0.5) is 0 Å². The summed E-state index contributed by atoms with van der Waals surface area (Å²) in [4.78, 5) is 3.81. The first-order valence-electron chi connectivity index (χ1n) is 4.88. The molecule has 0 aliphatic carbocycles. The zero-order chi connectivity index (χ0) is 10.4. The quantitative estimate of drug-likeness (QED) is 0.593. The number of thiophene rings is 2. The molecule has 3 aromatic rings. The van der Waals surface area contributed by atoms with Crippen LogP contribution in [0.1, 0.15) is 4.88 Å². The first-order chi connectivity index (χ1) is 7.28. The maximum absolute atomic E-state index is 2.40. The first kappa shape index (κ1) is 10.1. The van der Waals surface area contributed by atoms with Crippen LogP contribution in [0.25, 0.3) is 20.2 Å². The van der Waals surface area contributed by atoms with Crippen molar-refractivity contribution in [2.75, 3.05) is 0 Å². The molecule has 1 aromatic carbocycles. The summed E-state index contributed by atoms with van der Waals surface area (Å²) in [5.41, 5.74) is 0. The van der Waals surface area contributed by atoms with Crippen LogP contribution in [-0.2, 0) is 0 Å². The Balaban J connectivity index is 2.46. The zero-order valence-corrected chi connectivity index (χ0v) is 13.1. The molecule has 3 rings (SSSR count). The van der Waals surface area contributed by atoms with Crippen LogP contribution < -0.4 is 2.89 Å². The van der Waals surface area contributed by atoms with E-state index >= 15 is 0 Å². The molecule has 0 saturated carbocycles. The molecule has 0 N–H and O–H groups in total. The average molecular weight is 337 g/mol. The third-order valence-electron chi connectivity index (χ3n) is 2.54. The predicted molar refractivity (Wildman–Crippen MR) is 73.2 cm³/mol. The van der Waals surface area contributed by atoms with Crippen LogP contribution in [0.15, 0.2) is 24.3 Å². The SMILES string of the molecule is [CH3][Sn][c]1cc2ccc3cc(C)sc3c2s1. The molecule has 0 unspecified atom stereocenters. The van der Waals surface area contributed by atoms with Crippen molar-refractivity contribution in [3.05, 3.63) is 29.1 Å². The van der Waals surface area contributed by atoms with Crippen molar-refractivity contribution in [1.29, 1.82) is 0 Å². The molecular weight excluding hydrogens is 327 g/mol. The molecular formula is C12H10S2Sn.